The van der Waals surface area contributed by atoms with E-state index in [1.165, 1.54) is 0 Å². The van der Waals surface area contributed by atoms with Crippen LogP contribution >= 0.6 is 0 Å². The van der Waals surface area contributed by atoms with Crippen molar-refractivity contribution in [3.05, 3.63) is 64.7 Å². The normalized spacial score (nSPS) is 20.3. The maximum atomic E-state index is 12.9. The number of rotatable bonds is 5. The molecule has 1 aliphatic heterocycles. The molecule has 0 saturated carbocycles. The lowest BCUT2D eigenvalue weighted by Gasteiger charge is -2.23. The minimum atomic E-state index is -4.11. The zero-order valence-electron chi connectivity index (χ0n) is 14.1. The zero-order valence-corrected chi connectivity index (χ0v) is 14.9. The summed E-state index contributed by atoms with van der Waals surface area (Å²) >= 11 is 0. The largest absolute Gasteiger partial charge is 0.392 e. The Kier molecular flexibility index (Phi) is 5.22. The molecule has 2 atom stereocenters. The number of aliphatic hydroxyl groups excluding tert-OH is 1. The van der Waals surface area contributed by atoms with Gasteiger partial charge in [-0.25, -0.2) is 8.42 Å². The highest BCUT2D eigenvalue weighted by Crippen LogP contribution is 2.28. The third-order valence-corrected chi connectivity index (χ3v) is 6.12. The summed E-state index contributed by atoms with van der Waals surface area (Å²) in [7, 11) is -4.11. The molecule has 1 heterocycles. The second-order valence-electron chi connectivity index (χ2n) is 6.09. The molecule has 9 nitrogen and oxygen atoms in total. The van der Waals surface area contributed by atoms with Crippen molar-refractivity contribution in [1.82, 2.24) is 4.31 Å². The number of amides is 1. The lowest BCUT2D eigenvalue weighted by atomic mass is 10.2. The molecule has 2 N–H and O–H groups in total. The molecule has 27 heavy (non-hydrogen) atoms. The van der Waals surface area contributed by atoms with Gasteiger partial charge in [-0.15, -0.1) is 0 Å². The highest BCUT2D eigenvalue weighted by atomic mass is 32.2. The number of sulfonamides is 1. The molecule has 1 fully saturated rings. The van der Waals surface area contributed by atoms with Crippen LogP contribution in [0, 0.1) is 10.1 Å². The molecule has 2 aromatic rings. The smallest absolute Gasteiger partial charge is 0.269 e. The van der Waals surface area contributed by atoms with E-state index in [9.17, 15) is 28.4 Å². The van der Waals surface area contributed by atoms with Crippen LogP contribution in [0.2, 0.25) is 0 Å². The van der Waals surface area contributed by atoms with Gasteiger partial charge in [-0.2, -0.15) is 4.31 Å². The molecule has 142 valence electrons. The van der Waals surface area contributed by atoms with Crippen molar-refractivity contribution in [2.24, 2.45) is 0 Å². The predicted molar refractivity (Wildman–Crippen MR) is 96.5 cm³/mol. The number of hydrogen-bond donors (Lipinski definition) is 2. The lowest BCUT2D eigenvalue weighted by molar-refractivity contribution is -0.384. The van der Waals surface area contributed by atoms with E-state index in [0.717, 1.165) is 28.6 Å². The summed E-state index contributed by atoms with van der Waals surface area (Å²) in [6.45, 7) is -0.230. The molecule has 0 unspecified atom stereocenters. The van der Waals surface area contributed by atoms with Crippen LogP contribution in [-0.4, -0.2) is 47.4 Å². The molecule has 0 aliphatic carbocycles. The third-order valence-electron chi connectivity index (χ3n) is 4.23. The zero-order chi connectivity index (χ0) is 19.6. The predicted octanol–water partition coefficient (Wildman–Crippen LogP) is 1.36. The number of carbonyl (C=O) groups is 1. The maximum Gasteiger partial charge on any atom is 0.269 e. The molecule has 3 rings (SSSR count). The Morgan fingerprint density at radius 3 is 2.37 bits per heavy atom. The first-order valence-electron chi connectivity index (χ1n) is 8.09. The summed E-state index contributed by atoms with van der Waals surface area (Å²) in [6.07, 6.45) is -1.02. The molecule has 1 saturated heterocycles. The van der Waals surface area contributed by atoms with Crippen molar-refractivity contribution in [2.75, 3.05) is 11.9 Å². The number of non-ortho nitro benzene ring substituents is 1. The number of aliphatic hydroxyl groups is 1. The molecule has 1 aliphatic rings. The van der Waals surface area contributed by atoms with Crippen molar-refractivity contribution < 1.29 is 23.2 Å². The monoisotopic (exact) mass is 391 g/mol. The van der Waals surface area contributed by atoms with E-state index in [4.69, 9.17) is 0 Å². The van der Waals surface area contributed by atoms with Crippen LogP contribution in [0.3, 0.4) is 0 Å². The molecule has 0 spiro atoms. The number of benzene rings is 2. The van der Waals surface area contributed by atoms with Crippen LogP contribution < -0.4 is 5.32 Å². The van der Waals surface area contributed by atoms with Gasteiger partial charge in [0.15, 0.2) is 0 Å². The molecule has 0 aromatic heterocycles. The van der Waals surface area contributed by atoms with Crippen molar-refractivity contribution in [1.29, 1.82) is 0 Å². The summed E-state index contributed by atoms with van der Waals surface area (Å²) < 4.78 is 26.7. The molecule has 2 aromatic carbocycles. The van der Waals surface area contributed by atoms with Gasteiger partial charge in [0.2, 0.25) is 15.9 Å². The van der Waals surface area contributed by atoms with Gasteiger partial charge < -0.3 is 10.4 Å². The summed E-state index contributed by atoms with van der Waals surface area (Å²) in [5.74, 6) is -0.553. The number of β-amino-alcohol motifs (C(OH)–C–C–N with tert-alkyl or cyclic N) is 1. The van der Waals surface area contributed by atoms with E-state index >= 15 is 0 Å². The highest BCUT2D eigenvalue weighted by molar-refractivity contribution is 7.89. The van der Waals surface area contributed by atoms with Crippen LogP contribution in [0.25, 0.3) is 0 Å². The highest BCUT2D eigenvalue weighted by Gasteiger charge is 2.43. The fourth-order valence-electron chi connectivity index (χ4n) is 2.91. The molecule has 1 amide bonds. The Bertz CT molecular complexity index is 946. The molecule has 0 radical (unpaired) electrons. The van der Waals surface area contributed by atoms with Crippen molar-refractivity contribution >= 4 is 27.3 Å². The van der Waals surface area contributed by atoms with E-state index in [2.05, 4.69) is 5.32 Å². The number of para-hydroxylation sites is 1. The van der Waals surface area contributed by atoms with Crippen LogP contribution in [0.4, 0.5) is 11.4 Å². The minimum Gasteiger partial charge on any atom is -0.392 e. The summed E-state index contributed by atoms with van der Waals surface area (Å²) in [5.41, 5.74) is 0.269. The van der Waals surface area contributed by atoms with Gasteiger partial charge in [0.25, 0.3) is 5.69 Å². The fourth-order valence-corrected chi connectivity index (χ4v) is 4.55. The molecule has 0 bridgehead atoms. The SMILES string of the molecule is O=C(Nc1ccccc1)[C@@H]1C[C@@H](O)CN1S(=O)(=O)c1ccc([N+](=O)[O-])cc1. The van der Waals surface area contributed by atoms with Gasteiger partial charge in [0.05, 0.1) is 15.9 Å². The Labute approximate surface area is 155 Å². The van der Waals surface area contributed by atoms with Crippen LogP contribution in [-0.2, 0) is 14.8 Å². The summed E-state index contributed by atoms with van der Waals surface area (Å²) in [5, 5.41) is 23.3. The Morgan fingerprint density at radius 1 is 1.15 bits per heavy atom. The number of anilines is 1. The van der Waals surface area contributed by atoms with Gasteiger partial charge in [-0.3, -0.25) is 14.9 Å². The van der Waals surface area contributed by atoms with Gasteiger partial charge in [0.1, 0.15) is 6.04 Å². The maximum absolute atomic E-state index is 12.9. The topological polar surface area (TPSA) is 130 Å². The first-order chi connectivity index (χ1) is 12.8. The average Bonchev–Trinajstić information content (AvgIpc) is 3.05. The first kappa shape index (κ1) is 19.0. The average molecular weight is 391 g/mol. The van der Waals surface area contributed by atoms with E-state index in [1.54, 1.807) is 30.3 Å². The first-order valence-corrected chi connectivity index (χ1v) is 9.53. The van der Waals surface area contributed by atoms with Crippen LogP contribution in [0.5, 0.6) is 0 Å². The van der Waals surface area contributed by atoms with Crippen molar-refractivity contribution in [3.8, 4) is 0 Å². The molecular formula is C17H17N3O6S. The number of carbonyl (C=O) groups excluding carboxylic acids is 1. The number of nitrogens with one attached hydrogen (secondary N) is 1. The van der Waals surface area contributed by atoms with Crippen LogP contribution in [0.15, 0.2) is 59.5 Å². The van der Waals surface area contributed by atoms with Gasteiger partial charge in [0, 0.05) is 30.8 Å². The fraction of sp³-hybridized carbons (Fsp3) is 0.235. The molecular weight excluding hydrogens is 374 g/mol. The summed E-state index contributed by atoms with van der Waals surface area (Å²) in [4.78, 5) is 22.5. The third kappa shape index (κ3) is 3.97. The second kappa shape index (κ2) is 7.43. The van der Waals surface area contributed by atoms with E-state index in [1.807, 2.05) is 0 Å². The van der Waals surface area contributed by atoms with Gasteiger partial charge >= 0.3 is 0 Å². The Morgan fingerprint density at radius 2 is 1.78 bits per heavy atom. The second-order valence-corrected chi connectivity index (χ2v) is 7.98. The standard InChI is InChI=1S/C17H17N3O6S/c21-14-10-16(17(22)18-12-4-2-1-3-5-12)19(11-14)27(25,26)15-8-6-13(7-9-15)20(23)24/h1-9,14,16,21H,10-11H2,(H,18,22)/t14-,16+/m1/s1. The number of hydrogen-bond acceptors (Lipinski definition) is 6. The quantitative estimate of drug-likeness (QED) is 0.585. The lowest BCUT2D eigenvalue weighted by Crippen LogP contribution is -2.43. The Balaban J connectivity index is 1.86. The van der Waals surface area contributed by atoms with Crippen molar-refractivity contribution in [3.63, 3.8) is 0 Å². The van der Waals surface area contributed by atoms with Gasteiger partial charge in [-0.1, -0.05) is 18.2 Å². The van der Waals surface area contributed by atoms with Gasteiger partial charge in [-0.05, 0) is 24.3 Å². The molecule has 10 heteroatoms. The number of nitro groups is 1. The Hall–Kier alpha value is -2.82. The van der Waals surface area contributed by atoms with Crippen LogP contribution in [0.1, 0.15) is 6.42 Å². The van der Waals surface area contributed by atoms with E-state index < -0.39 is 33.0 Å². The van der Waals surface area contributed by atoms with E-state index in [0.29, 0.717) is 5.69 Å². The summed E-state index contributed by atoms with van der Waals surface area (Å²) in [6, 6.07) is 11.9. The minimum absolute atomic E-state index is 0.0368. The van der Waals surface area contributed by atoms with E-state index in [-0.39, 0.29) is 23.5 Å². The number of nitro benzene ring substituents is 1. The van der Waals surface area contributed by atoms with Crippen molar-refractivity contribution in [2.45, 2.75) is 23.5 Å². The number of nitrogens with zero attached hydrogens (tertiary/aromatic N) is 2.